The molecule has 0 N–H and O–H groups in total. The number of anilines is 1. The highest BCUT2D eigenvalue weighted by molar-refractivity contribution is 5.92. The predicted molar refractivity (Wildman–Crippen MR) is 109 cm³/mol. The van der Waals surface area contributed by atoms with Crippen LogP contribution in [0.3, 0.4) is 0 Å². The van der Waals surface area contributed by atoms with Crippen molar-refractivity contribution < 1.29 is 19.1 Å². The summed E-state index contributed by atoms with van der Waals surface area (Å²) in [6.07, 6.45) is 4.81. The van der Waals surface area contributed by atoms with Crippen LogP contribution in [-0.4, -0.2) is 32.3 Å². The van der Waals surface area contributed by atoms with Crippen LogP contribution in [0.15, 0.2) is 54.6 Å². The van der Waals surface area contributed by atoms with Crippen LogP contribution in [0.4, 0.5) is 10.5 Å². The van der Waals surface area contributed by atoms with Crippen LogP contribution in [0.25, 0.3) is 0 Å². The van der Waals surface area contributed by atoms with Crippen molar-refractivity contribution in [2.75, 3.05) is 19.1 Å². The summed E-state index contributed by atoms with van der Waals surface area (Å²) in [5.74, 6) is -0.967. The molecule has 0 saturated heterocycles. The molecule has 1 saturated carbocycles. The van der Waals surface area contributed by atoms with Crippen LogP contribution in [0.5, 0.6) is 0 Å². The molecule has 1 amide bonds. The minimum absolute atomic E-state index is 0.0661. The van der Waals surface area contributed by atoms with Crippen molar-refractivity contribution in [3.63, 3.8) is 0 Å². The molecule has 1 aliphatic carbocycles. The summed E-state index contributed by atoms with van der Waals surface area (Å²) in [6.45, 7) is 0. The smallest absolute Gasteiger partial charge is 0.414 e. The highest BCUT2D eigenvalue weighted by Crippen LogP contribution is 2.37. The Bertz CT molecular complexity index is 799. The van der Waals surface area contributed by atoms with Crippen molar-refractivity contribution in [1.82, 2.24) is 0 Å². The summed E-state index contributed by atoms with van der Waals surface area (Å²) in [4.78, 5) is 27.2. The van der Waals surface area contributed by atoms with E-state index in [9.17, 15) is 9.59 Å². The Morgan fingerprint density at radius 1 is 0.893 bits per heavy atom. The van der Waals surface area contributed by atoms with Gasteiger partial charge in [0.1, 0.15) is 5.92 Å². The molecule has 0 bridgehead atoms. The normalized spacial score (nSPS) is 15.5. The lowest BCUT2D eigenvalue weighted by Crippen LogP contribution is -2.42. The lowest BCUT2D eigenvalue weighted by atomic mass is 9.88. The van der Waals surface area contributed by atoms with E-state index in [1.54, 1.807) is 4.90 Å². The lowest BCUT2D eigenvalue weighted by Gasteiger charge is -2.35. The van der Waals surface area contributed by atoms with Crippen molar-refractivity contribution >= 4 is 17.7 Å². The largest absolute Gasteiger partial charge is 0.468 e. The van der Waals surface area contributed by atoms with E-state index >= 15 is 0 Å². The van der Waals surface area contributed by atoms with Gasteiger partial charge in [-0.15, -0.1) is 0 Å². The number of amides is 1. The first kappa shape index (κ1) is 19.9. The van der Waals surface area contributed by atoms with Gasteiger partial charge in [0.2, 0.25) is 0 Å². The summed E-state index contributed by atoms with van der Waals surface area (Å²) in [5, 5.41) is 0. The number of carbonyl (C=O) groups is 2. The summed E-state index contributed by atoms with van der Waals surface area (Å²) in [5.41, 5.74) is 2.28. The number of methoxy groups -OCH3 is 2. The number of carbonyl (C=O) groups excluding carboxylic acids is 2. The van der Waals surface area contributed by atoms with E-state index in [1.165, 1.54) is 20.6 Å². The topological polar surface area (TPSA) is 55.8 Å². The second kappa shape index (κ2) is 9.40. The molecule has 28 heavy (non-hydrogen) atoms. The number of ether oxygens (including phenoxy) is 2. The maximum atomic E-state index is 12.7. The van der Waals surface area contributed by atoms with E-state index in [-0.39, 0.29) is 12.0 Å². The maximum Gasteiger partial charge on any atom is 0.414 e. The number of nitrogens with zero attached hydrogens (tertiary/aromatic N) is 1. The van der Waals surface area contributed by atoms with Gasteiger partial charge in [0, 0.05) is 6.04 Å². The average Bonchev–Trinajstić information content (AvgIpc) is 2.76. The van der Waals surface area contributed by atoms with Crippen LogP contribution in [0, 0.1) is 0 Å². The van der Waals surface area contributed by atoms with Crippen molar-refractivity contribution in [2.45, 2.75) is 44.1 Å². The van der Waals surface area contributed by atoms with Gasteiger partial charge in [-0.3, -0.25) is 9.69 Å². The van der Waals surface area contributed by atoms with Crippen LogP contribution in [-0.2, 0) is 14.3 Å². The fourth-order valence-electron chi connectivity index (χ4n) is 4.04. The molecule has 5 heteroatoms. The van der Waals surface area contributed by atoms with E-state index in [0.717, 1.165) is 36.8 Å². The van der Waals surface area contributed by atoms with E-state index in [2.05, 4.69) is 0 Å². The van der Waals surface area contributed by atoms with E-state index < -0.39 is 12.0 Å². The molecular weight excluding hydrogens is 354 g/mol. The molecule has 0 heterocycles. The van der Waals surface area contributed by atoms with Gasteiger partial charge in [-0.05, 0) is 30.0 Å². The number of esters is 1. The van der Waals surface area contributed by atoms with Crippen LogP contribution >= 0.6 is 0 Å². The Morgan fingerprint density at radius 3 is 2.18 bits per heavy atom. The minimum atomic E-state index is -0.613. The van der Waals surface area contributed by atoms with E-state index in [4.69, 9.17) is 9.47 Å². The predicted octanol–water partition coefficient (Wildman–Crippen LogP) is 4.90. The van der Waals surface area contributed by atoms with Crippen LogP contribution in [0.2, 0.25) is 0 Å². The van der Waals surface area contributed by atoms with Gasteiger partial charge in [-0.1, -0.05) is 67.8 Å². The maximum absolute atomic E-state index is 12.7. The number of para-hydroxylation sites is 1. The molecule has 1 atom stereocenters. The Balaban J connectivity index is 2.11. The molecule has 2 aromatic rings. The molecular formula is C23H27NO4. The fourth-order valence-corrected chi connectivity index (χ4v) is 4.04. The highest BCUT2D eigenvalue weighted by atomic mass is 16.5. The van der Waals surface area contributed by atoms with Crippen molar-refractivity contribution in [3.05, 3.63) is 65.7 Å². The minimum Gasteiger partial charge on any atom is -0.468 e. The van der Waals surface area contributed by atoms with Crippen LogP contribution in [0.1, 0.15) is 49.1 Å². The quantitative estimate of drug-likeness (QED) is 0.692. The SMILES string of the molecule is COC(=O)C(c1ccccc1)c1ccccc1N(C(=O)OC)C1CCCCC1. The second-order valence-corrected chi connectivity index (χ2v) is 7.06. The molecule has 0 spiro atoms. The molecule has 2 aromatic carbocycles. The highest BCUT2D eigenvalue weighted by Gasteiger charge is 2.33. The molecule has 3 rings (SSSR count). The lowest BCUT2D eigenvalue weighted by molar-refractivity contribution is -0.141. The number of rotatable bonds is 5. The monoisotopic (exact) mass is 381 g/mol. The van der Waals surface area contributed by atoms with Crippen LogP contribution < -0.4 is 4.90 Å². The number of benzene rings is 2. The van der Waals surface area contributed by atoms with Crippen molar-refractivity contribution in [1.29, 1.82) is 0 Å². The third-order valence-corrected chi connectivity index (χ3v) is 5.39. The van der Waals surface area contributed by atoms with Crippen molar-refractivity contribution in [3.8, 4) is 0 Å². The van der Waals surface area contributed by atoms with Gasteiger partial charge in [0.05, 0.1) is 19.9 Å². The first-order chi connectivity index (χ1) is 13.7. The van der Waals surface area contributed by atoms with Gasteiger partial charge in [-0.2, -0.15) is 0 Å². The molecule has 1 fully saturated rings. The first-order valence-corrected chi connectivity index (χ1v) is 9.76. The Labute approximate surface area is 166 Å². The summed E-state index contributed by atoms with van der Waals surface area (Å²) in [7, 11) is 2.79. The second-order valence-electron chi connectivity index (χ2n) is 7.06. The van der Waals surface area contributed by atoms with E-state index in [1.807, 2.05) is 54.6 Å². The Kier molecular flexibility index (Phi) is 6.69. The van der Waals surface area contributed by atoms with Gasteiger partial charge >= 0.3 is 12.1 Å². The molecule has 0 aromatic heterocycles. The zero-order valence-electron chi connectivity index (χ0n) is 16.5. The van der Waals surface area contributed by atoms with Crippen molar-refractivity contribution in [2.24, 2.45) is 0 Å². The number of hydrogen-bond acceptors (Lipinski definition) is 4. The fraction of sp³-hybridized carbons (Fsp3) is 0.391. The first-order valence-electron chi connectivity index (χ1n) is 9.76. The Morgan fingerprint density at radius 2 is 1.54 bits per heavy atom. The summed E-state index contributed by atoms with van der Waals surface area (Å²) >= 11 is 0. The standard InChI is InChI=1S/C23H27NO4/c1-27-22(25)21(17-11-5-3-6-12-17)19-15-9-10-16-20(19)24(23(26)28-2)18-13-7-4-8-14-18/h3,5-6,9-12,15-16,18,21H,4,7-8,13-14H2,1-2H3. The van der Waals surface area contributed by atoms with E-state index in [0.29, 0.717) is 5.69 Å². The van der Waals surface area contributed by atoms with Gasteiger partial charge in [-0.25, -0.2) is 4.79 Å². The Hall–Kier alpha value is -2.82. The molecule has 148 valence electrons. The zero-order valence-corrected chi connectivity index (χ0v) is 16.5. The summed E-state index contributed by atoms with van der Waals surface area (Å²) in [6, 6.07) is 17.1. The van der Waals surface area contributed by atoms with Gasteiger partial charge in [0.15, 0.2) is 0 Å². The average molecular weight is 381 g/mol. The molecule has 1 aliphatic rings. The number of hydrogen-bond donors (Lipinski definition) is 0. The molecule has 1 unspecified atom stereocenters. The third-order valence-electron chi connectivity index (χ3n) is 5.39. The molecule has 0 radical (unpaired) electrons. The zero-order chi connectivity index (χ0) is 19.9. The molecule has 0 aliphatic heterocycles. The molecule has 5 nitrogen and oxygen atoms in total. The third kappa shape index (κ3) is 4.19. The summed E-state index contributed by atoms with van der Waals surface area (Å²) < 4.78 is 10.2. The van der Waals surface area contributed by atoms with Gasteiger partial charge < -0.3 is 9.47 Å². The van der Waals surface area contributed by atoms with Gasteiger partial charge in [0.25, 0.3) is 0 Å².